The van der Waals surface area contributed by atoms with E-state index in [1.165, 1.54) is 19.3 Å². The van der Waals surface area contributed by atoms with Crippen molar-refractivity contribution in [3.05, 3.63) is 34.3 Å². The Kier molecular flexibility index (Phi) is 5.45. The van der Waals surface area contributed by atoms with Gasteiger partial charge in [-0.25, -0.2) is 0 Å². The predicted octanol–water partition coefficient (Wildman–Crippen LogP) is 4.34. The second-order valence-electron chi connectivity index (χ2n) is 4.30. The molecule has 1 heterocycles. The SMILES string of the molecule is O=C(CSC1=NCCCCC1)c1ccc(Br)cc1. The second kappa shape index (κ2) is 7.10. The van der Waals surface area contributed by atoms with Gasteiger partial charge in [0.15, 0.2) is 5.78 Å². The first-order chi connectivity index (χ1) is 8.75. The van der Waals surface area contributed by atoms with E-state index in [2.05, 4.69) is 20.9 Å². The number of aliphatic imine (C=N–C) groups is 1. The average Bonchev–Trinajstić information content (AvgIpc) is 2.65. The first-order valence-electron chi connectivity index (χ1n) is 6.20. The summed E-state index contributed by atoms with van der Waals surface area (Å²) < 4.78 is 1.000. The maximum absolute atomic E-state index is 12.0. The molecule has 0 spiro atoms. The van der Waals surface area contributed by atoms with Gasteiger partial charge in [-0.05, 0) is 31.4 Å². The highest BCUT2D eigenvalue weighted by Gasteiger charge is 2.10. The lowest BCUT2D eigenvalue weighted by Gasteiger charge is -2.03. The molecule has 1 aromatic carbocycles. The standard InChI is InChI=1S/C14H16BrNOS/c15-12-7-5-11(6-8-12)13(17)10-18-14-4-2-1-3-9-16-14/h5-8H,1-4,9-10H2. The molecule has 0 atom stereocenters. The van der Waals surface area contributed by atoms with Crippen molar-refractivity contribution in [3.8, 4) is 0 Å². The number of hydrogen-bond acceptors (Lipinski definition) is 3. The molecule has 0 bridgehead atoms. The van der Waals surface area contributed by atoms with Gasteiger partial charge >= 0.3 is 0 Å². The van der Waals surface area contributed by atoms with Gasteiger partial charge < -0.3 is 0 Å². The maximum atomic E-state index is 12.0. The summed E-state index contributed by atoms with van der Waals surface area (Å²) in [6.45, 7) is 0.925. The Morgan fingerprint density at radius 3 is 2.78 bits per heavy atom. The maximum Gasteiger partial charge on any atom is 0.173 e. The van der Waals surface area contributed by atoms with E-state index in [1.54, 1.807) is 11.8 Å². The van der Waals surface area contributed by atoms with Crippen LogP contribution < -0.4 is 0 Å². The van der Waals surface area contributed by atoms with Crippen LogP contribution in [0.4, 0.5) is 0 Å². The van der Waals surface area contributed by atoms with Crippen molar-refractivity contribution in [2.75, 3.05) is 12.3 Å². The lowest BCUT2D eigenvalue weighted by atomic mass is 10.2. The van der Waals surface area contributed by atoms with Crippen LogP contribution in [0.1, 0.15) is 36.0 Å². The number of ketones is 1. The van der Waals surface area contributed by atoms with E-state index < -0.39 is 0 Å². The number of carbonyl (C=O) groups excluding carboxylic acids is 1. The summed E-state index contributed by atoms with van der Waals surface area (Å²) in [4.78, 5) is 16.5. The Hall–Kier alpha value is -0.610. The van der Waals surface area contributed by atoms with E-state index in [0.29, 0.717) is 5.75 Å². The quantitative estimate of drug-likeness (QED) is 0.774. The van der Waals surface area contributed by atoms with Crippen molar-refractivity contribution in [1.29, 1.82) is 0 Å². The highest BCUT2D eigenvalue weighted by Crippen LogP contribution is 2.18. The molecule has 0 fully saturated rings. The zero-order chi connectivity index (χ0) is 12.8. The van der Waals surface area contributed by atoms with E-state index in [4.69, 9.17) is 0 Å². The van der Waals surface area contributed by atoms with Crippen molar-refractivity contribution < 1.29 is 4.79 Å². The van der Waals surface area contributed by atoms with Crippen LogP contribution in [0, 0.1) is 0 Å². The third kappa shape index (κ3) is 4.25. The molecule has 2 rings (SSSR count). The fourth-order valence-electron chi connectivity index (χ4n) is 1.83. The summed E-state index contributed by atoms with van der Waals surface area (Å²) in [6, 6.07) is 7.53. The third-order valence-electron chi connectivity index (χ3n) is 2.87. The molecule has 0 unspecified atom stereocenters. The molecule has 0 radical (unpaired) electrons. The van der Waals surface area contributed by atoms with Crippen molar-refractivity contribution >= 4 is 38.5 Å². The number of halogens is 1. The third-order valence-corrected chi connectivity index (χ3v) is 4.47. The highest BCUT2D eigenvalue weighted by atomic mass is 79.9. The molecule has 0 saturated heterocycles. The molecule has 4 heteroatoms. The van der Waals surface area contributed by atoms with Crippen molar-refractivity contribution in [3.63, 3.8) is 0 Å². The van der Waals surface area contributed by atoms with Crippen molar-refractivity contribution in [1.82, 2.24) is 0 Å². The van der Waals surface area contributed by atoms with Crippen molar-refractivity contribution in [2.45, 2.75) is 25.7 Å². The van der Waals surface area contributed by atoms with Gasteiger partial charge in [-0.3, -0.25) is 9.79 Å². The predicted molar refractivity (Wildman–Crippen MR) is 81.7 cm³/mol. The van der Waals surface area contributed by atoms with E-state index in [1.807, 2.05) is 24.3 Å². The Balaban J connectivity index is 1.87. The van der Waals surface area contributed by atoms with Crippen LogP contribution in [0.5, 0.6) is 0 Å². The summed E-state index contributed by atoms with van der Waals surface area (Å²) in [6.07, 6.45) is 4.69. The number of carbonyl (C=O) groups is 1. The molecule has 2 nitrogen and oxygen atoms in total. The number of hydrogen-bond donors (Lipinski definition) is 0. The van der Waals surface area contributed by atoms with Gasteiger partial charge in [-0.2, -0.15) is 0 Å². The van der Waals surface area contributed by atoms with Crippen LogP contribution >= 0.6 is 27.7 Å². The summed E-state index contributed by atoms with van der Waals surface area (Å²) in [7, 11) is 0. The zero-order valence-electron chi connectivity index (χ0n) is 10.2. The van der Waals surface area contributed by atoms with E-state index >= 15 is 0 Å². The summed E-state index contributed by atoms with van der Waals surface area (Å²) in [5.41, 5.74) is 0.778. The van der Waals surface area contributed by atoms with Crippen LogP contribution in [0.25, 0.3) is 0 Å². The molecule has 1 aliphatic heterocycles. The molecule has 0 saturated carbocycles. The minimum absolute atomic E-state index is 0.180. The molecule has 1 aliphatic rings. The van der Waals surface area contributed by atoms with Gasteiger partial charge in [0.05, 0.1) is 10.8 Å². The Morgan fingerprint density at radius 2 is 2.00 bits per heavy atom. The molecule has 1 aromatic rings. The number of benzene rings is 1. The number of rotatable bonds is 3. The smallest absolute Gasteiger partial charge is 0.173 e. The Bertz CT molecular complexity index is 442. The highest BCUT2D eigenvalue weighted by molar-refractivity contribution is 9.10. The van der Waals surface area contributed by atoms with Crippen LogP contribution in [0.15, 0.2) is 33.7 Å². The zero-order valence-corrected chi connectivity index (χ0v) is 12.6. The fourth-order valence-corrected chi connectivity index (χ4v) is 3.03. The van der Waals surface area contributed by atoms with E-state index in [0.717, 1.165) is 28.0 Å². The van der Waals surface area contributed by atoms with E-state index in [9.17, 15) is 4.79 Å². The van der Waals surface area contributed by atoms with Gasteiger partial charge in [0.2, 0.25) is 0 Å². The van der Waals surface area contributed by atoms with Gasteiger partial charge in [-0.15, -0.1) is 11.8 Å². The molecular formula is C14H16BrNOS. The van der Waals surface area contributed by atoms with E-state index in [-0.39, 0.29) is 5.78 Å². The van der Waals surface area contributed by atoms with Crippen LogP contribution in [0.3, 0.4) is 0 Å². The minimum atomic E-state index is 0.180. The number of Topliss-reactive ketones (excluding diaryl/α,β-unsaturated/α-hetero) is 1. The summed E-state index contributed by atoms with van der Waals surface area (Å²) in [5.74, 6) is 0.681. The first kappa shape index (κ1) is 13.8. The van der Waals surface area contributed by atoms with Crippen LogP contribution in [0.2, 0.25) is 0 Å². The van der Waals surface area contributed by atoms with Gasteiger partial charge in [0, 0.05) is 16.6 Å². The van der Waals surface area contributed by atoms with Gasteiger partial charge in [0.25, 0.3) is 0 Å². The molecule has 96 valence electrons. The molecular weight excluding hydrogens is 310 g/mol. The molecule has 0 amide bonds. The van der Waals surface area contributed by atoms with Crippen molar-refractivity contribution in [2.24, 2.45) is 4.99 Å². The Labute approximate surface area is 120 Å². The minimum Gasteiger partial charge on any atom is -0.293 e. The normalized spacial score (nSPS) is 15.9. The lowest BCUT2D eigenvalue weighted by Crippen LogP contribution is -2.05. The van der Waals surface area contributed by atoms with Crippen LogP contribution in [-0.2, 0) is 0 Å². The molecule has 0 aromatic heterocycles. The second-order valence-corrected chi connectivity index (χ2v) is 6.27. The molecule has 0 aliphatic carbocycles. The monoisotopic (exact) mass is 325 g/mol. The number of nitrogens with zero attached hydrogens (tertiary/aromatic N) is 1. The largest absolute Gasteiger partial charge is 0.293 e. The van der Waals surface area contributed by atoms with Gasteiger partial charge in [0.1, 0.15) is 0 Å². The molecule has 0 N–H and O–H groups in total. The Morgan fingerprint density at radius 1 is 1.22 bits per heavy atom. The topological polar surface area (TPSA) is 29.4 Å². The van der Waals surface area contributed by atoms with Crippen LogP contribution in [-0.4, -0.2) is 23.1 Å². The first-order valence-corrected chi connectivity index (χ1v) is 7.98. The molecule has 18 heavy (non-hydrogen) atoms. The lowest BCUT2D eigenvalue weighted by molar-refractivity contribution is 0.102. The summed E-state index contributed by atoms with van der Waals surface area (Å²) >= 11 is 4.98. The fraction of sp³-hybridized carbons (Fsp3) is 0.429. The summed E-state index contributed by atoms with van der Waals surface area (Å²) in [5, 5.41) is 1.15. The van der Waals surface area contributed by atoms with Gasteiger partial charge in [-0.1, -0.05) is 34.5 Å². The average molecular weight is 326 g/mol. The number of thioether (sulfide) groups is 1.